The molecule has 3 aromatic carbocycles. The summed E-state index contributed by atoms with van der Waals surface area (Å²) < 4.78 is 15.9. The van der Waals surface area contributed by atoms with Gasteiger partial charge in [-0.1, -0.05) is 41.6 Å². The molecule has 0 aliphatic carbocycles. The Morgan fingerprint density at radius 2 is 1.93 bits per heavy atom. The SMILES string of the molecule is COc1ccc(NC(=O)CSC2=Nc3ccccc3C3=N[C@H](CC(=O)NCc4ccc5c(c4)OCO5)C(=O)N23)cc1Cl. The fourth-order valence-corrected chi connectivity index (χ4v) is 5.66. The number of thioether (sulfide) groups is 1. The summed E-state index contributed by atoms with van der Waals surface area (Å²) in [4.78, 5) is 49.7. The van der Waals surface area contributed by atoms with E-state index in [9.17, 15) is 14.4 Å². The molecule has 214 valence electrons. The normalized spacial score (nSPS) is 16.3. The summed E-state index contributed by atoms with van der Waals surface area (Å²) in [6, 6.07) is 16.7. The zero-order chi connectivity index (χ0) is 29.2. The first kappa shape index (κ1) is 27.6. The smallest absolute Gasteiger partial charge is 0.259 e. The quantitative estimate of drug-likeness (QED) is 0.395. The highest BCUT2D eigenvalue weighted by Gasteiger charge is 2.42. The number of nitrogens with one attached hydrogen (secondary N) is 2. The topological polar surface area (TPSA) is 131 Å². The molecule has 42 heavy (non-hydrogen) atoms. The van der Waals surface area contributed by atoms with Crippen molar-refractivity contribution in [2.45, 2.75) is 19.0 Å². The molecule has 0 bridgehead atoms. The van der Waals surface area contributed by atoms with Crippen molar-refractivity contribution < 1.29 is 28.6 Å². The Kier molecular flexibility index (Phi) is 7.72. The molecule has 11 nitrogen and oxygen atoms in total. The second kappa shape index (κ2) is 11.7. The van der Waals surface area contributed by atoms with Crippen molar-refractivity contribution in [2.75, 3.05) is 25.0 Å². The molecule has 6 rings (SSSR count). The highest BCUT2D eigenvalue weighted by atomic mass is 35.5. The summed E-state index contributed by atoms with van der Waals surface area (Å²) in [5.41, 5.74) is 2.64. The zero-order valence-corrected chi connectivity index (χ0v) is 23.8. The molecule has 3 heterocycles. The lowest BCUT2D eigenvalue weighted by Gasteiger charge is -2.25. The first-order valence-corrected chi connectivity index (χ1v) is 14.3. The Hall–Kier alpha value is -4.55. The van der Waals surface area contributed by atoms with Crippen molar-refractivity contribution in [3.8, 4) is 17.2 Å². The highest BCUT2D eigenvalue weighted by Crippen LogP contribution is 2.35. The molecule has 1 atom stereocenters. The number of amides is 3. The minimum absolute atomic E-state index is 0.0254. The number of fused-ring (bicyclic) bond motifs is 4. The summed E-state index contributed by atoms with van der Waals surface area (Å²) in [7, 11) is 1.51. The van der Waals surface area contributed by atoms with Gasteiger partial charge >= 0.3 is 0 Å². The lowest BCUT2D eigenvalue weighted by Crippen LogP contribution is -2.42. The third-order valence-electron chi connectivity index (χ3n) is 6.62. The van der Waals surface area contributed by atoms with E-state index in [1.54, 1.807) is 30.3 Å². The molecule has 0 unspecified atom stereocenters. The van der Waals surface area contributed by atoms with Crippen LogP contribution in [0.4, 0.5) is 11.4 Å². The van der Waals surface area contributed by atoms with Crippen LogP contribution in [0.3, 0.4) is 0 Å². The number of hydrogen-bond acceptors (Lipinski definition) is 9. The average Bonchev–Trinajstić information content (AvgIpc) is 3.59. The van der Waals surface area contributed by atoms with E-state index in [1.165, 1.54) is 12.0 Å². The number of anilines is 1. The van der Waals surface area contributed by atoms with Crippen LogP contribution < -0.4 is 24.8 Å². The number of methoxy groups -OCH3 is 1. The van der Waals surface area contributed by atoms with Crippen LogP contribution in [0.5, 0.6) is 17.2 Å². The predicted octanol–water partition coefficient (Wildman–Crippen LogP) is 4.11. The maximum Gasteiger partial charge on any atom is 0.259 e. The van der Waals surface area contributed by atoms with Gasteiger partial charge in [0.1, 0.15) is 17.6 Å². The van der Waals surface area contributed by atoms with E-state index in [4.69, 9.17) is 25.8 Å². The van der Waals surface area contributed by atoms with Crippen LogP contribution >= 0.6 is 23.4 Å². The lowest BCUT2D eigenvalue weighted by atomic mass is 10.1. The minimum Gasteiger partial charge on any atom is -0.495 e. The van der Waals surface area contributed by atoms with Crippen molar-refractivity contribution in [2.24, 2.45) is 9.98 Å². The highest BCUT2D eigenvalue weighted by molar-refractivity contribution is 8.14. The van der Waals surface area contributed by atoms with Gasteiger partial charge in [0.15, 0.2) is 16.7 Å². The second-order valence-corrected chi connectivity index (χ2v) is 10.8. The molecular formula is C29H24ClN5O6S. The average molecular weight is 606 g/mol. The molecule has 0 aromatic heterocycles. The lowest BCUT2D eigenvalue weighted by molar-refractivity contribution is -0.128. The van der Waals surface area contributed by atoms with Gasteiger partial charge in [0.2, 0.25) is 18.6 Å². The Balaban J connectivity index is 1.12. The monoisotopic (exact) mass is 605 g/mol. The maximum atomic E-state index is 13.5. The fourth-order valence-electron chi connectivity index (χ4n) is 4.60. The van der Waals surface area contributed by atoms with E-state index < -0.39 is 6.04 Å². The number of aliphatic imine (C=N–C) groups is 2. The van der Waals surface area contributed by atoms with Crippen molar-refractivity contribution in [3.63, 3.8) is 0 Å². The molecule has 3 aliphatic rings. The summed E-state index contributed by atoms with van der Waals surface area (Å²) in [5, 5.41) is 6.30. The molecule has 3 aromatic rings. The standard InChI is InChI=1S/C29H24ClN5O6S/c1-39-22-9-7-17(11-19(22)30)32-26(37)14-42-29-34-20-5-3-2-4-18(20)27-33-21(28(38)35(27)29)12-25(36)31-13-16-6-8-23-24(10-16)41-15-40-23/h2-11,21H,12-15H2,1H3,(H,31,36)(H,32,37)/t21-/m1/s1. The van der Waals surface area contributed by atoms with Crippen molar-refractivity contribution in [1.82, 2.24) is 10.2 Å². The number of halogens is 1. The van der Waals surface area contributed by atoms with Crippen LogP contribution in [0.25, 0.3) is 0 Å². The summed E-state index contributed by atoms with van der Waals surface area (Å²) in [5.74, 6) is 1.14. The summed E-state index contributed by atoms with van der Waals surface area (Å²) in [6.45, 7) is 0.428. The van der Waals surface area contributed by atoms with Gasteiger partial charge in [-0.2, -0.15) is 0 Å². The van der Waals surface area contributed by atoms with Crippen molar-refractivity contribution >= 4 is 63.5 Å². The first-order chi connectivity index (χ1) is 20.4. The summed E-state index contributed by atoms with van der Waals surface area (Å²) in [6.07, 6.45) is -0.137. The van der Waals surface area contributed by atoms with Crippen LogP contribution in [0.1, 0.15) is 17.5 Å². The van der Waals surface area contributed by atoms with Crippen LogP contribution in [-0.4, -0.2) is 59.3 Å². The largest absolute Gasteiger partial charge is 0.495 e. The van der Waals surface area contributed by atoms with Gasteiger partial charge in [-0.15, -0.1) is 0 Å². The van der Waals surface area contributed by atoms with Gasteiger partial charge in [0.05, 0.1) is 30.0 Å². The van der Waals surface area contributed by atoms with Crippen LogP contribution in [0.2, 0.25) is 5.02 Å². The van der Waals surface area contributed by atoms with Gasteiger partial charge < -0.3 is 24.8 Å². The van der Waals surface area contributed by atoms with Crippen LogP contribution in [-0.2, 0) is 20.9 Å². The number of amidine groups is 2. The van der Waals surface area contributed by atoms with E-state index in [0.29, 0.717) is 50.2 Å². The molecule has 0 spiro atoms. The van der Waals surface area contributed by atoms with E-state index in [1.807, 2.05) is 30.3 Å². The molecule has 3 amide bonds. The molecule has 0 saturated heterocycles. The van der Waals surface area contributed by atoms with Crippen LogP contribution in [0, 0.1) is 0 Å². The van der Waals surface area contributed by atoms with Crippen molar-refractivity contribution in [3.05, 3.63) is 76.8 Å². The number of carbonyl (C=O) groups is 3. The zero-order valence-electron chi connectivity index (χ0n) is 22.3. The van der Waals surface area contributed by atoms with Gasteiger partial charge in [-0.25, -0.2) is 9.89 Å². The first-order valence-electron chi connectivity index (χ1n) is 12.9. The van der Waals surface area contributed by atoms with Crippen LogP contribution in [0.15, 0.2) is 70.6 Å². The molecule has 0 radical (unpaired) electrons. The van der Waals surface area contributed by atoms with E-state index in [2.05, 4.69) is 20.6 Å². The van der Waals surface area contributed by atoms with E-state index >= 15 is 0 Å². The number of para-hydroxylation sites is 1. The maximum absolute atomic E-state index is 13.5. The predicted molar refractivity (Wildman–Crippen MR) is 159 cm³/mol. The van der Waals surface area contributed by atoms with Gasteiger partial charge in [0, 0.05) is 17.8 Å². The Morgan fingerprint density at radius 1 is 1.10 bits per heavy atom. The number of carbonyl (C=O) groups excluding carboxylic acids is 3. The third-order valence-corrected chi connectivity index (χ3v) is 7.85. The number of ether oxygens (including phenoxy) is 3. The number of nitrogens with zero attached hydrogens (tertiary/aromatic N) is 3. The second-order valence-electron chi connectivity index (χ2n) is 9.41. The van der Waals surface area contributed by atoms with E-state index in [0.717, 1.165) is 17.3 Å². The Morgan fingerprint density at radius 3 is 2.76 bits per heavy atom. The Bertz CT molecular complexity index is 1660. The number of rotatable bonds is 8. The van der Waals surface area contributed by atoms with E-state index in [-0.39, 0.29) is 43.2 Å². The minimum atomic E-state index is -0.927. The molecule has 2 N–H and O–H groups in total. The molecule has 3 aliphatic heterocycles. The van der Waals surface area contributed by atoms with Gasteiger partial charge in [0.25, 0.3) is 5.91 Å². The number of hydrogen-bond donors (Lipinski definition) is 2. The van der Waals surface area contributed by atoms with Gasteiger partial charge in [-0.05, 0) is 48.0 Å². The molecule has 13 heteroatoms. The third kappa shape index (κ3) is 5.63. The summed E-state index contributed by atoms with van der Waals surface area (Å²) >= 11 is 7.26. The Labute approximate surface area is 249 Å². The van der Waals surface area contributed by atoms with Gasteiger partial charge in [-0.3, -0.25) is 19.4 Å². The fraction of sp³-hybridized carbons (Fsp3) is 0.207. The molecule has 0 fully saturated rings. The number of benzene rings is 3. The van der Waals surface area contributed by atoms with Crippen molar-refractivity contribution in [1.29, 1.82) is 0 Å². The molecular weight excluding hydrogens is 582 g/mol. The molecule has 0 saturated carbocycles.